The molecule has 0 unspecified atom stereocenters. The minimum atomic E-state index is -0.0155. The summed E-state index contributed by atoms with van der Waals surface area (Å²) in [4.78, 5) is 20.9. The van der Waals surface area contributed by atoms with Crippen molar-refractivity contribution in [3.63, 3.8) is 0 Å². The first-order chi connectivity index (χ1) is 38.5. The van der Waals surface area contributed by atoms with E-state index in [1.807, 2.05) is 36.4 Å². The van der Waals surface area contributed by atoms with Crippen molar-refractivity contribution in [1.82, 2.24) is 19.5 Å². The van der Waals surface area contributed by atoms with Crippen LogP contribution in [0.5, 0.6) is 0 Å². The van der Waals surface area contributed by atoms with Gasteiger partial charge in [0.25, 0.3) is 6.71 Å². The summed E-state index contributed by atoms with van der Waals surface area (Å²) in [5.41, 5.74) is 23.5. The Hall–Kier alpha value is -10.1. The summed E-state index contributed by atoms with van der Waals surface area (Å²) in [5, 5.41) is 2.40. The van der Waals surface area contributed by atoms with E-state index in [-0.39, 0.29) is 6.71 Å². The van der Waals surface area contributed by atoms with Crippen LogP contribution in [0.2, 0.25) is 0 Å². The quantitative estimate of drug-likeness (QED) is 0.142. The van der Waals surface area contributed by atoms with Crippen LogP contribution in [-0.4, -0.2) is 26.2 Å². The molecule has 0 fully saturated rings. The average molecular weight is 997 g/mol. The maximum atomic E-state index is 5.39. The van der Waals surface area contributed by atoms with Crippen LogP contribution >= 0.6 is 0 Å². The molecule has 2 aromatic heterocycles. The zero-order valence-electron chi connectivity index (χ0n) is 43.1. The predicted octanol–water partition coefficient (Wildman–Crippen LogP) is 16.0. The van der Waals surface area contributed by atoms with E-state index in [9.17, 15) is 0 Å². The van der Waals surface area contributed by atoms with Gasteiger partial charge in [-0.05, 0) is 120 Å². The fourth-order valence-electron chi connectivity index (χ4n) is 12.3. The molecule has 2 aliphatic rings. The summed E-state index contributed by atoms with van der Waals surface area (Å²) in [7, 11) is 0. The van der Waals surface area contributed by atoms with Gasteiger partial charge in [-0.1, -0.05) is 193 Å². The van der Waals surface area contributed by atoms with E-state index in [1.165, 1.54) is 61.0 Å². The zero-order valence-corrected chi connectivity index (χ0v) is 43.1. The van der Waals surface area contributed by atoms with Crippen LogP contribution in [0.4, 0.5) is 34.1 Å². The highest BCUT2D eigenvalue weighted by Gasteiger charge is 2.44. The van der Waals surface area contributed by atoms with E-state index in [1.54, 1.807) is 0 Å². The molecular formula is C71H49BN6. The Morgan fingerprint density at radius 2 is 0.769 bits per heavy atom. The number of aromatic nitrogens is 4. The largest absolute Gasteiger partial charge is 0.311 e. The highest BCUT2D eigenvalue weighted by molar-refractivity contribution is 7.00. The van der Waals surface area contributed by atoms with Gasteiger partial charge in [-0.3, -0.25) is 0 Å². The molecule has 0 saturated heterocycles. The first-order valence-corrected chi connectivity index (χ1v) is 26.7. The number of anilines is 6. The van der Waals surface area contributed by atoms with Gasteiger partial charge in [0.2, 0.25) is 0 Å². The second-order valence-corrected chi connectivity index (χ2v) is 20.5. The lowest BCUT2D eigenvalue weighted by atomic mass is 9.33. The Morgan fingerprint density at radius 3 is 1.35 bits per heavy atom. The fraction of sp³-hybridized carbons (Fsp3) is 0.0282. The Bertz CT molecular complexity index is 4350. The van der Waals surface area contributed by atoms with Crippen LogP contribution in [0.25, 0.3) is 83.9 Å². The van der Waals surface area contributed by atoms with Gasteiger partial charge in [-0.15, -0.1) is 0 Å². The molecule has 0 aliphatic carbocycles. The van der Waals surface area contributed by atoms with Gasteiger partial charge in [0.1, 0.15) is 0 Å². The first-order valence-electron chi connectivity index (χ1n) is 26.7. The monoisotopic (exact) mass is 996 g/mol. The molecule has 78 heavy (non-hydrogen) atoms. The molecule has 2 aliphatic heterocycles. The molecule has 13 aromatic rings. The van der Waals surface area contributed by atoms with Gasteiger partial charge in [-0.25, -0.2) is 15.0 Å². The molecule has 7 heteroatoms. The van der Waals surface area contributed by atoms with Crippen molar-refractivity contribution < 1.29 is 0 Å². The van der Waals surface area contributed by atoms with Gasteiger partial charge in [0.15, 0.2) is 17.5 Å². The molecule has 0 bridgehead atoms. The zero-order chi connectivity index (χ0) is 51.8. The van der Waals surface area contributed by atoms with Crippen molar-refractivity contribution in [3.05, 3.63) is 272 Å². The van der Waals surface area contributed by atoms with Crippen molar-refractivity contribution in [2.24, 2.45) is 0 Å². The van der Waals surface area contributed by atoms with E-state index >= 15 is 0 Å². The minimum absolute atomic E-state index is 0.0155. The Balaban J connectivity index is 1.01. The van der Waals surface area contributed by atoms with Crippen molar-refractivity contribution in [2.75, 3.05) is 9.80 Å². The summed E-state index contributed by atoms with van der Waals surface area (Å²) in [6, 6.07) is 94.3. The van der Waals surface area contributed by atoms with E-state index in [2.05, 4.69) is 253 Å². The normalized spacial score (nSPS) is 12.4. The maximum Gasteiger partial charge on any atom is 0.252 e. The SMILES string of the molecule is Cc1ccc2c(c1)c1cc(C)ccc1n2-c1c(-c2cccc(-c3ccc4c5c3N(c3ccccc3)c3ccccc3B5c3ccccc3N4c3ccccc3)c2)cccc1-c1nc(-c2ccccc2)nc(-c2ccccc2)n1. The van der Waals surface area contributed by atoms with Gasteiger partial charge in [0, 0.05) is 67.0 Å². The molecule has 11 aromatic carbocycles. The van der Waals surface area contributed by atoms with Crippen molar-refractivity contribution in [2.45, 2.75) is 13.8 Å². The van der Waals surface area contributed by atoms with Gasteiger partial charge in [-0.2, -0.15) is 0 Å². The van der Waals surface area contributed by atoms with Gasteiger partial charge >= 0.3 is 0 Å². The summed E-state index contributed by atoms with van der Waals surface area (Å²) >= 11 is 0. The van der Waals surface area contributed by atoms with Crippen LogP contribution in [0.15, 0.2) is 261 Å². The number of nitrogens with zero attached hydrogens (tertiary/aromatic N) is 6. The van der Waals surface area contributed by atoms with Crippen molar-refractivity contribution in [3.8, 4) is 62.1 Å². The molecule has 0 atom stereocenters. The maximum absolute atomic E-state index is 5.39. The van der Waals surface area contributed by atoms with Crippen LogP contribution in [0.1, 0.15) is 11.1 Å². The molecular weight excluding hydrogens is 948 g/mol. The van der Waals surface area contributed by atoms with Crippen LogP contribution in [-0.2, 0) is 0 Å². The summed E-state index contributed by atoms with van der Waals surface area (Å²) in [6.45, 7) is 4.34. The van der Waals surface area contributed by atoms with E-state index in [0.717, 1.165) is 67.0 Å². The first kappa shape index (κ1) is 45.3. The van der Waals surface area contributed by atoms with Crippen molar-refractivity contribution >= 4 is 79.0 Å². The highest BCUT2D eigenvalue weighted by Crippen LogP contribution is 2.49. The number of benzene rings is 11. The summed E-state index contributed by atoms with van der Waals surface area (Å²) < 4.78 is 2.45. The number of rotatable bonds is 8. The fourth-order valence-corrected chi connectivity index (χ4v) is 12.3. The second-order valence-electron chi connectivity index (χ2n) is 20.5. The third kappa shape index (κ3) is 7.31. The number of fused-ring (bicyclic) bond motifs is 7. The van der Waals surface area contributed by atoms with E-state index in [0.29, 0.717) is 17.5 Å². The minimum Gasteiger partial charge on any atom is -0.311 e. The number of hydrogen-bond acceptors (Lipinski definition) is 5. The number of hydrogen-bond donors (Lipinski definition) is 0. The predicted molar refractivity (Wildman–Crippen MR) is 325 cm³/mol. The molecule has 4 heterocycles. The number of para-hydroxylation sites is 5. The second kappa shape index (κ2) is 18.3. The Kier molecular flexibility index (Phi) is 10.6. The van der Waals surface area contributed by atoms with Crippen LogP contribution in [0.3, 0.4) is 0 Å². The Labute approximate surface area is 454 Å². The van der Waals surface area contributed by atoms with Gasteiger partial charge < -0.3 is 14.4 Å². The molecule has 0 N–H and O–H groups in total. The molecule has 366 valence electrons. The standard InChI is InChI=1S/C71H49BN6/c1-46-37-40-61-57(43-46)58-44-47(2)38-41-62(58)78(61)67-54(31-20-32-56(67)71-74-69(48-21-7-3-8-22-48)73-70(75-71)49-23-9-4-10-24-49)50-25-19-26-51(45-50)55-39-42-65-66-68(55)77(53-29-13-6-14-30-53)64-36-18-16-34-60(64)72(66)59-33-15-17-35-63(59)76(65)52-27-11-5-12-28-52/h3-45H,1-2H3. The van der Waals surface area contributed by atoms with Crippen LogP contribution in [0, 0.1) is 13.8 Å². The lowest BCUT2D eigenvalue weighted by Crippen LogP contribution is -2.61. The molecule has 0 spiro atoms. The Morgan fingerprint density at radius 1 is 0.321 bits per heavy atom. The molecule has 6 nitrogen and oxygen atoms in total. The lowest BCUT2D eigenvalue weighted by molar-refractivity contribution is 1.06. The molecule has 0 amide bonds. The van der Waals surface area contributed by atoms with Crippen molar-refractivity contribution in [1.29, 1.82) is 0 Å². The average Bonchev–Trinajstić information content (AvgIpc) is 3.89. The van der Waals surface area contributed by atoms with Gasteiger partial charge in [0.05, 0.1) is 22.4 Å². The molecule has 0 saturated carbocycles. The molecule has 15 rings (SSSR count). The summed E-state index contributed by atoms with van der Waals surface area (Å²) in [6.07, 6.45) is 0. The van der Waals surface area contributed by atoms with E-state index < -0.39 is 0 Å². The highest BCUT2D eigenvalue weighted by atomic mass is 15.2. The number of aryl methyl sites for hydroxylation is 2. The molecule has 0 radical (unpaired) electrons. The summed E-state index contributed by atoms with van der Waals surface area (Å²) in [5.74, 6) is 1.82. The topological polar surface area (TPSA) is 50.1 Å². The van der Waals surface area contributed by atoms with Crippen LogP contribution < -0.4 is 26.2 Å². The third-order valence-electron chi connectivity index (χ3n) is 15.7. The van der Waals surface area contributed by atoms with E-state index in [4.69, 9.17) is 15.0 Å². The third-order valence-corrected chi connectivity index (χ3v) is 15.7. The lowest BCUT2D eigenvalue weighted by Gasteiger charge is -2.45. The smallest absolute Gasteiger partial charge is 0.252 e.